The van der Waals surface area contributed by atoms with Crippen molar-refractivity contribution in [2.24, 2.45) is 0 Å². The summed E-state index contributed by atoms with van der Waals surface area (Å²) in [4.78, 5) is 5.27. The molecular formula is C15H7ClF6N2. The number of nitrogens with zero attached hydrogens (tertiary/aromatic N) is 1. The van der Waals surface area contributed by atoms with Crippen LogP contribution in [0.1, 0.15) is 5.82 Å². The van der Waals surface area contributed by atoms with Crippen LogP contribution in [-0.4, -0.2) is 16.1 Å². The van der Waals surface area contributed by atoms with Crippen LogP contribution < -0.4 is 0 Å². The third kappa shape index (κ3) is 2.71. The summed E-state index contributed by atoms with van der Waals surface area (Å²) < 4.78 is 77.0. The van der Waals surface area contributed by atoms with Crippen LogP contribution in [0.5, 0.6) is 0 Å². The third-order valence-corrected chi connectivity index (χ3v) is 3.69. The highest BCUT2D eigenvalue weighted by Gasteiger charge is 2.61. The zero-order chi connectivity index (χ0) is 17.7. The van der Waals surface area contributed by atoms with Gasteiger partial charge in [-0.2, -0.15) is 22.0 Å². The molecule has 0 radical (unpaired) electrons. The molecule has 0 atom stereocenters. The van der Waals surface area contributed by atoms with Crippen molar-refractivity contribution in [1.82, 2.24) is 9.97 Å². The number of fused-ring (bicyclic) bond motifs is 1. The molecular weight excluding hydrogens is 358 g/mol. The molecule has 24 heavy (non-hydrogen) atoms. The minimum Gasteiger partial charge on any atom is -0.337 e. The first-order valence-electron chi connectivity index (χ1n) is 6.50. The maximum atomic E-state index is 13.4. The molecule has 0 saturated carbocycles. The van der Waals surface area contributed by atoms with Crippen molar-refractivity contribution in [3.8, 4) is 11.1 Å². The van der Waals surface area contributed by atoms with Crippen LogP contribution in [0.3, 0.4) is 0 Å². The third-order valence-electron chi connectivity index (χ3n) is 3.38. The molecule has 0 bridgehead atoms. The fourth-order valence-corrected chi connectivity index (χ4v) is 2.43. The molecule has 0 fully saturated rings. The molecule has 0 aliphatic rings. The lowest BCUT2D eigenvalue weighted by atomic mass is 10.1. The summed E-state index contributed by atoms with van der Waals surface area (Å²) in [6.45, 7) is 0. The first-order valence-corrected chi connectivity index (χ1v) is 6.87. The second-order valence-electron chi connectivity index (χ2n) is 5.01. The topological polar surface area (TPSA) is 28.7 Å². The van der Waals surface area contributed by atoms with Crippen molar-refractivity contribution in [2.45, 2.75) is 12.1 Å². The molecule has 0 aliphatic heterocycles. The van der Waals surface area contributed by atoms with Crippen molar-refractivity contribution in [2.75, 3.05) is 0 Å². The van der Waals surface area contributed by atoms with E-state index < -0.39 is 23.7 Å². The van der Waals surface area contributed by atoms with E-state index in [9.17, 15) is 26.3 Å². The number of rotatable bonds is 2. The molecule has 1 aromatic heterocycles. The molecule has 9 heteroatoms. The molecule has 0 aliphatic carbocycles. The summed E-state index contributed by atoms with van der Waals surface area (Å²) in [6, 6.07) is 7.61. The fourth-order valence-electron chi connectivity index (χ4n) is 2.16. The zero-order valence-electron chi connectivity index (χ0n) is 11.6. The number of H-pyrrole nitrogens is 1. The normalized spacial score (nSPS) is 12.8. The Hall–Kier alpha value is -2.22. The Bertz CT molecular complexity index is 899. The Morgan fingerprint density at radius 1 is 0.958 bits per heavy atom. The van der Waals surface area contributed by atoms with Crippen LogP contribution in [-0.2, 0) is 5.92 Å². The molecule has 3 aromatic rings. The molecule has 2 aromatic carbocycles. The Morgan fingerprint density at radius 3 is 2.17 bits per heavy atom. The van der Waals surface area contributed by atoms with Gasteiger partial charge in [0, 0.05) is 5.56 Å². The van der Waals surface area contributed by atoms with Gasteiger partial charge in [-0.05, 0) is 29.8 Å². The number of hydrogen-bond acceptors (Lipinski definition) is 1. The monoisotopic (exact) mass is 364 g/mol. The van der Waals surface area contributed by atoms with Gasteiger partial charge in [0.1, 0.15) is 5.82 Å². The van der Waals surface area contributed by atoms with E-state index in [0.717, 1.165) is 0 Å². The van der Waals surface area contributed by atoms with Gasteiger partial charge in [-0.15, -0.1) is 0 Å². The minimum atomic E-state index is -5.77. The van der Waals surface area contributed by atoms with Gasteiger partial charge < -0.3 is 4.98 Å². The van der Waals surface area contributed by atoms with Crippen LogP contribution in [0.2, 0.25) is 5.02 Å². The van der Waals surface area contributed by atoms with Gasteiger partial charge >= 0.3 is 12.1 Å². The number of aromatic amines is 1. The summed E-state index contributed by atoms with van der Waals surface area (Å²) in [5, 5.41) is 0.0856. The number of alkyl halides is 5. The lowest BCUT2D eigenvalue weighted by Gasteiger charge is -2.16. The predicted molar refractivity (Wildman–Crippen MR) is 76.4 cm³/mol. The van der Waals surface area contributed by atoms with Crippen molar-refractivity contribution in [3.05, 3.63) is 53.1 Å². The molecule has 3 rings (SSSR count). The van der Waals surface area contributed by atoms with Crippen molar-refractivity contribution >= 4 is 22.6 Å². The average molecular weight is 365 g/mol. The second-order valence-corrected chi connectivity index (χ2v) is 5.42. The number of halogens is 7. The Kier molecular flexibility index (Phi) is 3.75. The lowest BCUT2D eigenvalue weighted by molar-refractivity contribution is -0.292. The van der Waals surface area contributed by atoms with Crippen LogP contribution in [0.15, 0.2) is 36.4 Å². The second kappa shape index (κ2) is 5.41. The van der Waals surface area contributed by atoms with E-state index >= 15 is 0 Å². The summed E-state index contributed by atoms with van der Waals surface area (Å²) in [5.74, 6) is -7.11. The molecule has 0 spiro atoms. The maximum absolute atomic E-state index is 13.4. The molecule has 126 valence electrons. The average Bonchev–Trinajstić information content (AvgIpc) is 2.89. The van der Waals surface area contributed by atoms with Gasteiger partial charge in [-0.1, -0.05) is 23.7 Å². The largest absolute Gasteiger partial charge is 0.461 e. The predicted octanol–water partition coefficient (Wildman–Crippen LogP) is 5.68. The van der Waals surface area contributed by atoms with Crippen LogP contribution >= 0.6 is 11.6 Å². The molecule has 2 nitrogen and oxygen atoms in total. The van der Waals surface area contributed by atoms with Crippen molar-refractivity contribution in [1.29, 1.82) is 0 Å². The number of nitrogens with one attached hydrogen (secondary N) is 1. The van der Waals surface area contributed by atoms with Gasteiger partial charge in [-0.3, -0.25) is 0 Å². The van der Waals surface area contributed by atoms with Gasteiger partial charge in [0.15, 0.2) is 5.82 Å². The first kappa shape index (κ1) is 16.6. The highest BCUT2D eigenvalue weighted by molar-refractivity contribution is 6.34. The van der Waals surface area contributed by atoms with E-state index in [-0.39, 0.29) is 16.1 Å². The molecule has 0 unspecified atom stereocenters. The van der Waals surface area contributed by atoms with E-state index in [1.54, 1.807) is 0 Å². The van der Waals surface area contributed by atoms with Gasteiger partial charge in [0.05, 0.1) is 16.1 Å². The van der Waals surface area contributed by atoms with E-state index in [1.165, 1.54) is 36.4 Å². The van der Waals surface area contributed by atoms with Gasteiger partial charge in [-0.25, -0.2) is 9.37 Å². The number of hydrogen-bond donors (Lipinski definition) is 1. The molecule has 1 heterocycles. The minimum absolute atomic E-state index is 0.0438. The van der Waals surface area contributed by atoms with Crippen LogP contribution in [0, 0.1) is 5.82 Å². The Labute approximate surface area is 136 Å². The van der Waals surface area contributed by atoms with Gasteiger partial charge in [0.25, 0.3) is 0 Å². The maximum Gasteiger partial charge on any atom is 0.461 e. The molecule has 0 amide bonds. The van der Waals surface area contributed by atoms with E-state index in [2.05, 4.69) is 4.98 Å². The SMILES string of the molecule is Fc1ccc(-c2cc3[nH]c(C(F)(F)C(F)(F)F)nc3cc2Cl)cc1. The summed E-state index contributed by atoms with van der Waals surface area (Å²) in [6.07, 6.45) is -5.77. The molecule has 1 N–H and O–H groups in total. The quantitative estimate of drug-likeness (QED) is 0.582. The van der Waals surface area contributed by atoms with E-state index in [4.69, 9.17) is 11.6 Å². The molecule has 0 saturated heterocycles. The first-order chi connectivity index (χ1) is 11.1. The highest BCUT2D eigenvalue weighted by Crippen LogP contribution is 2.43. The number of imidazole rings is 1. The number of benzene rings is 2. The summed E-state index contributed by atoms with van der Waals surface area (Å²) in [7, 11) is 0. The lowest BCUT2D eigenvalue weighted by Crippen LogP contribution is -2.34. The zero-order valence-corrected chi connectivity index (χ0v) is 12.3. The smallest absolute Gasteiger partial charge is 0.337 e. The Morgan fingerprint density at radius 2 is 1.58 bits per heavy atom. The van der Waals surface area contributed by atoms with Crippen LogP contribution in [0.25, 0.3) is 22.2 Å². The van der Waals surface area contributed by atoms with Crippen molar-refractivity contribution in [3.63, 3.8) is 0 Å². The standard InChI is InChI=1S/C15H7ClF6N2/c16-10-6-12-11(5-9(10)7-1-3-8(17)4-2-7)23-13(24-12)14(18,19)15(20,21)22/h1-6H,(H,23,24). The fraction of sp³-hybridized carbons (Fsp3) is 0.133. The van der Waals surface area contributed by atoms with Crippen LogP contribution in [0.4, 0.5) is 26.3 Å². The van der Waals surface area contributed by atoms with E-state index in [0.29, 0.717) is 11.1 Å². The summed E-state index contributed by atoms with van der Waals surface area (Å²) >= 11 is 6.03. The Balaban J connectivity index is 2.13. The van der Waals surface area contributed by atoms with E-state index in [1.807, 2.05) is 4.98 Å². The summed E-state index contributed by atoms with van der Waals surface area (Å²) in [5.41, 5.74) is 0.638. The van der Waals surface area contributed by atoms with Crippen molar-refractivity contribution < 1.29 is 26.3 Å². The van der Waals surface area contributed by atoms with Gasteiger partial charge in [0.2, 0.25) is 0 Å². The number of aromatic nitrogens is 2. The highest BCUT2D eigenvalue weighted by atomic mass is 35.5.